The van der Waals surface area contributed by atoms with Gasteiger partial charge in [-0.2, -0.15) is 10.5 Å². The van der Waals surface area contributed by atoms with Crippen LogP contribution in [0.25, 0.3) is 11.0 Å². The van der Waals surface area contributed by atoms with Crippen LogP contribution in [-0.4, -0.2) is 9.97 Å². The van der Waals surface area contributed by atoms with Crippen molar-refractivity contribution < 1.29 is 0 Å². The fourth-order valence-corrected chi connectivity index (χ4v) is 1.17. The van der Waals surface area contributed by atoms with Gasteiger partial charge >= 0.3 is 0 Å². The predicted molar refractivity (Wildman–Crippen MR) is 45.5 cm³/mol. The van der Waals surface area contributed by atoms with Gasteiger partial charge in [-0.3, -0.25) is 0 Å². The number of imidazole rings is 1. The van der Waals surface area contributed by atoms with Gasteiger partial charge in [-0.15, -0.1) is 0 Å². The third-order valence-electron chi connectivity index (χ3n) is 1.80. The Labute approximate surface area is 74.1 Å². The molecule has 0 saturated heterocycles. The lowest BCUT2D eigenvalue weighted by Crippen LogP contribution is -1.83. The molecule has 13 heavy (non-hydrogen) atoms. The molecule has 0 bridgehead atoms. The Kier molecular flexibility index (Phi) is 1.47. The monoisotopic (exact) mass is 168 g/mol. The van der Waals surface area contributed by atoms with Crippen LogP contribution in [0, 0.1) is 22.7 Å². The van der Waals surface area contributed by atoms with Crippen LogP contribution in [0.3, 0.4) is 0 Å². The highest BCUT2D eigenvalue weighted by atomic mass is 14.9. The van der Waals surface area contributed by atoms with E-state index in [-0.39, 0.29) is 0 Å². The molecule has 1 N–H and O–H groups in total. The minimum Gasteiger partial charge on any atom is -0.345 e. The molecular weight excluding hydrogens is 164 g/mol. The number of nitrogens with zero attached hydrogens (tertiary/aromatic N) is 3. The van der Waals surface area contributed by atoms with Crippen LogP contribution in [0.5, 0.6) is 0 Å². The third-order valence-corrected chi connectivity index (χ3v) is 1.80. The van der Waals surface area contributed by atoms with Gasteiger partial charge in [-0.05, 0) is 12.1 Å². The largest absolute Gasteiger partial charge is 0.345 e. The van der Waals surface area contributed by atoms with Crippen molar-refractivity contribution in [3.8, 4) is 12.1 Å². The number of rotatable bonds is 0. The SMILES string of the molecule is N#Cc1cc2nc[nH]c2cc1C#N. The number of nitrogens with one attached hydrogen (secondary N) is 1. The Hall–Kier alpha value is -2.33. The van der Waals surface area contributed by atoms with E-state index in [0.717, 1.165) is 5.52 Å². The van der Waals surface area contributed by atoms with Gasteiger partial charge in [0.05, 0.1) is 28.5 Å². The standard InChI is InChI=1S/C9H4N4/c10-3-6-1-8-9(13-5-12-8)2-7(6)4-11/h1-2,5H,(H,12,13). The predicted octanol–water partition coefficient (Wildman–Crippen LogP) is 1.31. The molecule has 0 amide bonds. The van der Waals surface area contributed by atoms with E-state index in [1.165, 1.54) is 6.33 Å². The molecule has 0 aliphatic rings. The lowest BCUT2D eigenvalue weighted by atomic mass is 10.1. The first-order valence-corrected chi connectivity index (χ1v) is 3.62. The first-order valence-electron chi connectivity index (χ1n) is 3.62. The Morgan fingerprint density at radius 1 is 1.15 bits per heavy atom. The summed E-state index contributed by atoms with van der Waals surface area (Å²) in [5, 5.41) is 17.4. The lowest BCUT2D eigenvalue weighted by molar-refractivity contribution is 1.34. The second kappa shape index (κ2) is 2.62. The van der Waals surface area contributed by atoms with E-state index in [1.54, 1.807) is 12.1 Å². The normalized spacial score (nSPS) is 9.38. The summed E-state index contributed by atoms with van der Waals surface area (Å²) in [6.07, 6.45) is 1.53. The fourth-order valence-electron chi connectivity index (χ4n) is 1.17. The summed E-state index contributed by atoms with van der Waals surface area (Å²) >= 11 is 0. The molecule has 0 aliphatic carbocycles. The summed E-state index contributed by atoms with van der Waals surface area (Å²) in [5.41, 5.74) is 2.22. The summed E-state index contributed by atoms with van der Waals surface area (Å²) in [6.45, 7) is 0. The molecule has 1 heterocycles. The van der Waals surface area contributed by atoms with E-state index >= 15 is 0 Å². The van der Waals surface area contributed by atoms with Crippen molar-refractivity contribution in [3.05, 3.63) is 29.6 Å². The zero-order valence-electron chi connectivity index (χ0n) is 6.57. The Morgan fingerprint density at radius 3 is 2.54 bits per heavy atom. The van der Waals surface area contributed by atoms with Crippen LogP contribution >= 0.6 is 0 Å². The molecule has 4 heteroatoms. The number of aromatic nitrogens is 2. The molecule has 60 valence electrons. The van der Waals surface area contributed by atoms with E-state index in [2.05, 4.69) is 9.97 Å². The van der Waals surface area contributed by atoms with Crippen molar-refractivity contribution in [2.45, 2.75) is 0 Å². The van der Waals surface area contributed by atoms with E-state index < -0.39 is 0 Å². The second-order valence-corrected chi connectivity index (χ2v) is 2.54. The van der Waals surface area contributed by atoms with Crippen molar-refractivity contribution in [1.82, 2.24) is 9.97 Å². The Bertz CT molecular complexity index is 491. The van der Waals surface area contributed by atoms with Crippen molar-refractivity contribution in [1.29, 1.82) is 10.5 Å². The molecule has 0 fully saturated rings. The zero-order valence-corrected chi connectivity index (χ0v) is 6.57. The smallest absolute Gasteiger partial charge is 0.101 e. The molecule has 0 unspecified atom stereocenters. The topological polar surface area (TPSA) is 76.3 Å². The number of hydrogen-bond donors (Lipinski definition) is 1. The van der Waals surface area contributed by atoms with Crippen molar-refractivity contribution >= 4 is 11.0 Å². The van der Waals surface area contributed by atoms with Crippen LogP contribution in [0.4, 0.5) is 0 Å². The van der Waals surface area contributed by atoms with Crippen molar-refractivity contribution in [2.75, 3.05) is 0 Å². The van der Waals surface area contributed by atoms with E-state index in [4.69, 9.17) is 10.5 Å². The maximum absolute atomic E-state index is 8.71. The highest BCUT2D eigenvalue weighted by Crippen LogP contribution is 2.15. The minimum atomic E-state index is 0.363. The second-order valence-electron chi connectivity index (χ2n) is 2.54. The molecule has 2 rings (SSSR count). The first kappa shape index (κ1) is 7.33. The third kappa shape index (κ3) is 1.02. The van der Waals surface area contributed by atoms with E-state index in [0.29, 0.717) is 16.6 Å². The fraction of sp³-hybridized carbons (Fsp3) is 0. The molecule has 0 radical (unpaired) electrons. The number of hydrogen-bond acceptors (Lipinski definition) is 3. The van der Waals surface area contributed by atoms with E-state index in [1.807, 2.05) is 12.1 Å². The van der Waals surface area contributed by atoms with Crippen LogP contribution in [0.15, 0.2) is 18.5 Å². The zero-order chi connectivity index (χ0) is 9.26. The Balaban J connectivity index is 2.85. The average molecular weight is 168 g/mol. The highest BCUT2D eigenvalue weighted by molar-refractivity contribution is 5.78. The van der Waals surface area contributed by atoms with Crippen LogP contribution < -0.4 is 0 Å². The molecule has 4 nitrogen and oxygen atoms in total. The molecule has 0 aliphatic heterocycles. The van der Waals surface area contributed by atoms with Crippen molar-refractivity contribution in [3.63, 3.8) is 0 Å². The number of fused-ring (bicyclic) bond motifs is 1. The molecule has 1 aromatic heterocycles. The van der Waals surface area contributed by atoms with E-state index in [9.17, 15) is 0 Å². The molecule has 0 atom stereocenters. The summed E-state index contributed by atoms with van der Waals surface area (Å²) in [7, 11) is 0. The average Bonchev–Trinajstić information content (AvgIpc) is 2.62. The van der Waals surface area contributed by atoms with Gasteiger partial charge in [0.15, 0.2) is 0 Å². The number of benzene rings is 1. The van der Waals surface area contributed by atoms with Crippen LogP contribution in [0.2, 0.25) is 0 Å². The quantitative estimate of drug-likeness (QED) is 0.644. The highest BCUT2D eigenvalue weighted by Gasteiger charge is 2.04. The summed E-state index contributed by atoms with van der Waals surface area (Å²) in [4.78, 5) is 6.86. The number of aromatic amines is 1. The van der Waals surface area contributed by atoms with Crippen LogP contribution in [-0.2, 0) is 0 Å². The van der Waals surface area contributed by atoms with Crippen molar-refractivity contribution in [2.24, 2.45) is 0 Å². The van der Waals surface area contributed by atoms with Gasteiger partial charge in [-0.1, -0.05) is 0 Å². The molecule has 0 spiro atoms. The molecule has 1 aromatic carbocycles. The Morgan fingerprint density at radius 2 is 1.85 bits per heavy atom. The molecular formula is C9H4N4. The lowest BCUT2D eigenvalue weighted by Gasteiger charge is -1.92. The number of nitriles is 2. The summed E-state index contributed by atoms with van der Waals surface area (Å²) in [6, 6.07) is 7.14. The van der Waals surface area contributed by atoms with Gasteiger partial charge in [0, 0.05) is 0 Å². The maximum Gasteiger partial charge on any atom is 0.101 e. The minimum absolute atomic E-state index is 0.363. The summed E-state index contributed by atoms with van der Waals surface area (Å²) < 4.78 is 0. The van der Waals surface area contributed by atoms with Gasteiger partial charge in [0.25, 0.3) is 0 Å². The van der Waals surface area contributed by atoms with Gasteiger partial charge in [0.1, 0.15) is 12.1 Å². The van der Waals surface area contributed by atoms with Gasteiger partial charge in [-0.25, -0.2) is 4.98 Å². The molecule has 0 saturated carbocycles. The number of H-pyrrole nitrogens is 1. The van der Waals surface area contributed by atoms with Gasteiger partial charge < -0.3 is 4.98 Å². The van der Waals surface area contributed by atoms with Crippen LogP contribution in [0.1, 0.15) is 11.1 Å². The van der Waals surface area contributed by atoms with Gasteiger partial charge in [0.2, 0.25) is 0 Å². The molecule has 2 aromatic rings. The maximum atomic E-state index is 8.71. The first-order chi connectivity index (χ1) is 6.35. The summed E-state index contributed by atoms with van der Waals surface area (Å²) in [5.74, 6) is 0.